The second-order valence-corrected chi connectivity index (χ2v) is 7.25. The standard InChI is InChI=1S/C15H32N4S2/c1-7-11(3)18-13(20)16-9-15(5,6)10-17-14(21)19-12(4)8-2/h11-12H,7-10H2,1-6H3,(H2,16,18,20)(H2,17,19,21). The van der Waals surface area contributed by atoms with Crippen molar-refractivity contribution < 1.29 is 0 Å². The molecule has 0 saturated heterocycles. The molecule has 2 atom stereocenters. The van der Waals surface area contributed by atoms with Crippen LogP contribution in [0.5, 0.6) is 0 Å². The zero-order chi connectivity index (χ0) is 16.5. The number of rotatable bonds is 8. The quantitative estimate of drug-likeness (QED) is 0.513. The van der Waals surface area contributed by atoms with E-state index in [1.807, 2.05) is 0 Å². The number of hydrogen-bond donors (Lipinski definition) is 4. The minimum absolute atomic E-state index is 0.0579. The van der Waals surface area contributed by atoms with Gasteiger partial charge in [-0.1, -0.05) is 27.7 Å². The molecule has 0 heterocycles. The van der Waals surface area contributed by atoms with E-state index in [1.165, 1.54) is 0 Å². The van der Waals surface area contributed by atoms with Gasteiger partial charge in [-0.3, -0.25) is 0 Å². The normalized spacial score (nSPS) is 14.0. The maximum Gasteiger partial charge on any atom is 0.166 e. The lowest BCUT2D eigenvalue weighted by Crippen LogP contribution is -2.48. The molecular weight excluding hydrogens is 300 g/mol. The van der Waals surface area contributed by atoms with Crippen LogP contribution in [0.2, 0.25) is 0 Å². The topological polar surface area (TPSA) is 48.1 Å². The molecule has 6 heteroatoms. The summed E-state index contributed by atoms with van der Waals surface area (Å²) in [6.07, 6.45) is 2.12. The highest BCUT2D eigenvalue weighted by atomic mass is 32.1. The highest BCUT2D eigenvalue weighted by Gasteiger charge is 2.19. The molecule has 0 aliphatic heterocycles. The Labute approximate surface area is 141 Å². The number of nitrogens with one attached hydrogen (secondary N) is 4. The van der Waals surface area contributed by atoms with E-state index in [1.54, 1.807) is 0 Å². The van der Waals surface area contributed by atoms with Crippen LogP contribution in [-0.4, -0.2) is 35.4 Å². The van der Waals surface area contributed by atoms with Gasteiger partial charge in [0.1, 0.15) is 0 Å². The van der Waals surface area contributed by atoms with E-state index in [2.05, 4.69) is 62.8 Å². The average Bonchev–Trinajstić information content (AvgIpc) is 2.43. The fourth-order valence-corrected chi connectivity index (χ4v) is 2.00. The molecule has 21 heavy (non-hydrogen) atoms. The lowest BCUT2D eigenvalue weighted by molar-refractivity contribution is 0.358. The number of thiocarbonyl (C=S) groups is 2. The van der Waals surface area contributed by atoms with Crippen LogP contribution in [0.4, 0.5) is 0 Å². The predicted molar refractivity (Wildman–Crippen MR) is 101 cm³/mol. The molecule has 0 bridgehead atoms. The third-order valence-corrected chi connectivity index (χ3v) is 3.96. The smallest absolute Gasteiger partial charge is 0.166 e. The van der Waals surface area contributed by atoms with Crippen molar-refractivity contribution in [1.82, 2.24) is 21.3 Å². The van der Waals surface area contributed by atoms with Crippen LogP contribution in [0.3, 0.4) is 0 Å². The molecule has 0 fully saturated rings. The molecule has 0 aliphatic rings. The molecule has 124 valence electrons. The molecule has 0 spiro atoms. The van der Waals surface area contributed by atoms with E-state index in [-0.39, 0.29) is 5.41 Å². The molecule has 0 aromatic rings. The molecule has 0 aromatic carbocycles. The summed E-state index contributed by atoms with van der Waals surface area (Å²) in [5.74, 6) is 0. The van der Waals surface area contributed by atoms with Crippen LogP contribution in [0.25, 0.3) is 0 Å². The summed E-state index contributed by atoms with van der Waals surface area (Å²) < 4.78 is 0. The summed E-state index contributed by atoms with van der Waals surface area (Å²) >= 11 is 10.6. The lowest BCUT2D eigenvalue weighted by atomic mass is 9.93. The van der Waals surface area contributed by atoms with Crippen molar-refractivity contribution >= 4 is 34.7 Å². The van der Waals surface area contributed by atoms with Gasteiger partial charge in [0.25, 0.3) is 0 Å². The Morgan fingerprint density at radius 1 is 0.857 bits per heavy atom. The summed E-state index contributed by atoms with van der Waals surface area (Å²) in [6, 6.07) is 0.803. The number of hydrogen-bond acceptors (Lipinski definition) is 2. The van der Waals surface area contributed by atoms with Crippen molar-refractivity contribution in [1.29, 1.82) is 0 Å². The van der Waals surface area contributed by atoms with Crippen molar-refractivity contribution in [2.45, 2.75) is 66.5 Å². The van der Waals surface area contributed by atoms with Crippen LogP contribution in [0.1, 0.15) is 54.4 Å². The fourth-order valence-electron chi connectivity index (χ4n) is 1.46. The van der Waals surface area contributed by atoms with Crippen molar-refractivity contribution in [3.63, 3.8) is 0 Å². The van der Waals surface area contributed by atoms with Gasteiger partial charge in [0, 0.05) is 25.2 Å². The monoisotopic (exact) mass is 332 g/mol. The van der Waals surface area contributed by atoms with Gasteiger partial charge in [0.2, 0.25) is 0 Å². The summed E-state index contributed by atoms with van der Waals surface area (Å²) in [5.41, 5.74) is 0.0579. The maximum absolute atomic E-state index is 5.29. The lowest BCUT2D eigenvalue weighted by Gasteiger charge is -2.28. The van der Waals surface area contributed by atoms with Gasteiger partial charge < -0.3 is 21.3 Å². The first-order valence-corrected chi connectivity index (χ1v) is 8.60. The highest BCUT2D eigenvalue weighted by molar-refractivity contribution is 7.80. The van der Waals surface area contributed by atoms with Gasteiger partial charge in [-0.25, -0.2) is 0 Å². The molecular formula is C15H32N4S2. The van der Waals surface area contributed by atoms with Crippen LogP contribution < -0.4 is 21.3 Å². The first kappa shape index (κ1) is 20.4. The van der Waals surface area contributed by atoms with E-state index in [4.69, 9.17) is 24.4 Å². The van der Waals surface area contributed by atoms with Gasteiger partial charge in [0.05, 0.1) is 0 Å². The molecule has 0 aliphatic carbocycles. The second-order valence-electron chi connectivity index (χ2n) is 6.44. The van der Waals surface area contributed by atoms with Crippen LogP contribution >= 0.6 is 24.4 Å². The molecule has 0 saturated carbocycles. The Hall–Kier alpha value is -0.620. The van der Waals surface area contributed by atoms with E-state index in [9.17, 15) is 0 Å². The van der Waals surface area contributed by atoms with Crippen molar-refractivity contribution in [2.24, 2.45) is 5.41 Å². The minimum atomic E-state index is 0.0579. The second kappa shape index (κ2) is 10.2. The van der Waals surface area contributed by atoms with Gasteiger partial charge >= 0.3 is 0 Å². The van der Waals surface area contributed by atoms with Crippen molar-refractivity contribution in [2.75, 3.05) is 13.1 Å². The van der Waals surface area contributed by atoms with Crippen molar-refractivity contribution in [3.05, 3.63) is 0 Å². The molecule has 0 aromatic heterocycles. The third-order valence-electron chi connectivity index (χ3n) is 3.43. The van der Waals surface area contributed by atoms with Crippen LogP contribution in [0, 0.1) is 5.41 Å². The summed E-state index contributed by atoms with van der Waals surface area (Å²) in [7, 11) is 0. The Bertz CT molecular complexity index is 302. The summed E-state index contributed by atoms with van der Waals surface area (Å²) in [5, 5.41) is 14.5. The van der Waals surface area contributed by atoms with Crippen LogP contribution in [0.15, 0.2) is 0 Å². The van der Waals surface area contributed by atoms with Gasteiger partial charge in [-0.05, 0) is 56.5 Å². The highest BCUT2D eigenvalue weighted by Crippen LogP contribution is 2.11. The van der Waals surface area contributed by atoms with Crippen LogP contribution in [-0.2, 0) is 0 Å². The molecule has 4 N–H and O–H groups in total. The summed E-state index contributed by atoms with van der Waals surface area (Å²) in [4.78, 5) is 0. The van der Waals surface area contributed by atoms with Gasteiger partial charge in [-0.2, -0.15) is 0 Å². The largest absolute Gasteiger partial charge is 0.362 e. The zero-order valence-electron chi connectivity index (χ0n) is 14.3. The molecule has 0 rings (SSSR count). The van der Waals surface area contributed by atoms with E-state index in [0.29, 0.717) is 12.1 Å². The van der Waals surface area contributed by atoms with Gasteiger partial charge in [-0.15, -0.1) is 0 Å². The third kappa shape index (κ3) is 10.7. The molecule has 4 nitrogen and oxygen atoms in total. The minimum Gasteiger partial charge on any atom is -0.362 e. The molecule has 0 radical (unpaired) electrons. The Morgan fingerprint density at radius 2 is 1.19 bits per heavy atom. The summed E-state index contributed by atoms with van der Waals surface area (Å²) in [6.45, 7) is 14.5. The van der Waals surface area contributed by atoms with E-state index >= 15 is 0 Å². The van der Waals surface area contributed by atoms with Gasteiger partial charge in [0.15, 0.2) is 10.2 Å². The maximum atomic E-state index is 5.29. The zero-order valence-corrected chi connectivity index (χ0v) is 15.9. The van der Waals surface area contributed by atoms with Crippen molar-refractivity contribution in [3.8, 4) is 0 Å². The molecule has 0 amide bonds. The first-order chi connectivity index (χ1) is 9.70. The fraction of sp³-hybridized carbons (Fsp3) is 0.867. The van der Waals surface area contributed by atoms with E-state index < -0.39 is 0 Å². The van der Waals surface area contributed by atoms with E-state index in [0.717, 1.165) is 36.2 Å². The molecule has 2 unspecified atom stereocenters. The average molecular weight is 333 g/mol. The Balaban J connectivity index is 4.03. The Morgan fingerprint density at radius 3 is 1.48 bits per heavy atom. The SMILES string of the molecule is CCC(C)NC(=S)NCC(C)(C)CNC(=S)NC(C)CC. The Kier molecular flexibility index (Phi) is 9.86. The predicted octanol–water partition coefficient (Wildman–Crippen LogP) is 2.54. The first-order valence-electron chi connectivity index (χ1n) is 7.79.